The zero-order valence-corrected chi connectivity index (χ0v) is 24.8. The van der Waals surface area contributed by atoms with Gasteiger partial charge >= 0.3 is 5.97 Å². The predicted molar refractivity (Wildman–Crippen MR) is 155 cm³/mol. The lowest BCUT2D eigenvalue weighted by atomic mass is 10.0. The van der Waals surface area contributed by atoms with Crippen molar-refractivity contribution in [3.63, 3.8) is 0 Å². The van der Waals surface area contributed by atoms with Gasteiger partial charge < -0.3 is 15.7 Å². The molecule has 2 aromatic carbocycles. The fourth-order valence-corrected chi connectivity index (χ4v) is 5.11. The number of anilines is 1. The van der Waals surface area contributed by atoms with Crippen LogP contribution in [0.4, 0.5) is 5.69 Å². The normalized spacial score (nSPS) is 11.6. The Morgan fingerprint density at radius 3 is 2.51 bits per heavy atom. The van der Waals surface area contributed by atoms with Gasteiger partial charge in [0.1, 0.15) is 16.3 Å². The van der Waals surface area contributed by atoms with Crippen molar-refractivity contribution in [3.05, 3.63) is 102 Å². The first kappa shape index (κ1) is 28.8. The van der Waals surface area contributed by atoms with Crippen molar-refractivity contribution in [1.82, 2.24) is 20.1 Å². The third-order valence-electron chi connectivity index (χ3n) is 5.57. The first-order valence-corrected chi connectivity index (χ1v) is 13.6. The van der Waals surface area contributed by atoms with Crippen LogP contribution in [0.1, 0.15) is 32.0 Å². The number of amides is 2. The molecule has 3 N–H and O–H groups in total. The molecule has 2 amide bonds. The zero-order chi connectivity index (χ0) is 28.3. The Kier molecular flexibility index (Phi) is 9.06. The van der Waals surface area contributed by atoms with Crippen LogP contribution in [0.5, 0.6) is 0 Å². The van der Waals surface area contributed by atoms with E-state index in [1.807, 2.05) is 6.07 Å². The SMILES string of the molecule is Cc1cc(Cl)cc(C(=O)N[C@@H](Cc2cccc(Br)c2)C(=O)O)c1NC(=O)c1cc(Br)nn1-c1ncccc1Cl. The van der Waals surface area contributed by atoms with E-state index >= 15 is 0 Å². The molecule has 0 unspecified atom stereocenters. The number of nitrogens with one attached hydrogen (secondary N) is 2. The van der Waals surface area contributed by atoms with Crippen molar-refractivity contribution in [3.8, 4) is 5.82 Å². The van der Waals surface area contributed by atoms with Gasteiger partial charge in [0.05, 0.1) is 16.3 Å². The maximum atomic E-state index is 13.4. The zero-order valence-electron chi connectivity index (χ0n) is 20.1. The van der Waals surface area contributed by atoms with Crippen LogP contribution in [-0.4, -0.2) is 43.7 Å². The summed E-state index contributed by atoms with van der Waals surface area (Å²) in [5.74, 6) is -2.31. The van der Waals surface area contributed by atoms with Crippen molar-refractivity contribution in [2.45, 2.75) is 19.4 Å². The number of aryl methyl sites for hydroxylation is 1. The first-order chi connectivity index (χ1) is 18.5. The number of carbonyl (C=O) groups is 3. The van der Waals surface area contributed by atoms with Gasteiger partial charge in [0.25, 0.3) is 11.8 Å². The van der Waals surface area contributed by atoms with E-state index in [1.54, 1.807) is 43.3 Å². The number of carboxylic acids is 1. The predicted octanol–water partition coefficient (Wildman–Crippen LogP) is 6.09. The molecule has 9 nitrogen and oxygen atoms in total. The summed E-state index contributed by atoms with van der Waals surface area (Å²) in [6.45, 7) is 1.66. The average Bonchev–Trinajstić information content (AvgIpc) is 3.26. The van der Waals surface area contributed by atoms with E-state index in [0.29, 0.717) is 15.7 Å². The largest absolute Gasteiger partial charge is 0.480 e. The van der Waals surface area contributed by atoms with Crippen LogP contribution in [0.2, 0.25) is 10.0 Å². The molecule has 4 rings (SSSR count). The van der Waals surface area contributed by atoms with Crippen molar-refractivity contribution in [2.75, 3.05) is 5.32 Å². The van der Waals surface area contributed by atoms with E-state index in [4.69, 9.17) is 23.2 Å². The number of hydrogen-bond acceptors (Lipinski definition) is 5. The molecule has 0 aliphatic rings. The maximum Gasteiger partial charge on any atom is 0.326 e. The van der Waals surface area contributed by atoms with Crippen LogP contribution < -0.4 is 10.6 Å². The minimum atomic E-state index is -1.24. The van der Waals surface area contributed by atoms with Gasteiger partial charge in [0.2, 0.25) is 0 Å². The summed E-state index contributed by atoms with van der Waals surface area (Å²) < 4.78 is 2.41. The molecular formula is C26H19Br2Cl2N5O4. The number of halogens is 4. The third kappa shape index (κ3) is 6.85. The van der Waals surface area contributed by atoms with E-state index in [9.17, 15) is 19.5 Å². The van der Waals surface area contributed by atoms with Crippen LogP contribution in [0.15, 0.2) is 69.9 Å². The standard InChI is InChI=1S/C26H19Br2Cl2N5O4/c1-13-8-16(29)11-17(24(36)32-19(26(38)39)10-14-4-2-5-15(27)9-14)22(13)33-25(37)20-12-21(28)34-35(20)23-18(30)6-3-7-31-23/h2-9,11-12,19H,10H2,1H3,(H,32,36)(H,33,37)(H,38,39)/t19-/m0/s1. The van der Waals surface area contributed by atoms with Crippen molar-refractivity contribution in [1.29, 1.82) is 0 Å². The Morgan fingerprint density at radius 2 is 1.82 bits per heavy atom. The van der Waals surface area contributed by atoms with Gasteiger partial charge in [-0.15, -0.1) is 0 Å². The minimum Gasteiger partial charge on any atom is -0.480 e. The van der Waals surface area contributed by atoms with Crippen molar-refractivity contribution in [2.24, 2.45) is 0 Å². The molecule has 0 bridgehead atoms. The van der Waals surface area contributed by atoms with E-state index in [-0.39, 0.29) is 39.2 Å². The molecule has 200 valence electrons. The Hall–Kier alpha value is -3.25. The lowest BCUT2D eigenvalue weighted by Crippen LogP contribution is -2.42. The number of carbonyl (C=O) groups excluding carboxylic acids is 2. The highest BCUT2D eigenvalue weighted by molar-refractivity contribution is 9.10. The third-order valence-corrected chi connectivity index (χ3v) is 6.96. The second kappa shape index (κ2) is 12.3. The number of carboxylic acid groups (broad SMARTS) is 1. The number of rotatable bonds is 8. The Bertz CT molecular complexity index is 1590. The molecule has 39 heavy (non-hydrogen) atoms. The number of benzene rings is 2. The smallest absolute Gasteiger partial charge is 0.326 e. The van der Waals surface area contributed by atoms with Crippen molar-refractivity contribution < 1.29 is 19.5 Å². The van der Waals surface area contributed by atoms with Gasteiger partial charge in [-0.05, 0) is 70.4 Å². The molecular weight excluding hydrogens is 677 g/mol. The fraction of sp³-hybridized carbons (Fsp3) is 0.115. The summed E-state index contributed by atoms with van der Waals surface area (Å²) >= 11 is 19.1. The van der Waals surface area contributed by atoms with Crippen LogP contribution >= 0.6 is 55.1 Å². The monoisotopic (exact) mass is 693 g/mol. The molecule has 1 atom stereocenters. The van der Waals surface area contributed by atoms with Gasteiger partial charge in [0, 0.05) is 28.2 Å². The van der Waals surface area contributed by atoms with Gasteiger partial charge in [0.15, 0.2) is 5.82 Å². The summed E-state index contributed by atoms with van der Waals surface area (Å²) in [4.78, 5) is 43.0. The van der Waals surface area contributed by atoms with Gasteiger partial charge in [-0.25, -0.2) is 14.5 Å². The summed E-state index contributed by atoms with van der Waals surface area (Å²) in [7, 11) is 0. The summed E-state index contributed by atoms with van der Waals surface area (Å²) in [5, 5.41) is 19.8. The lowest BCUT2D eigenvalue weighted by Gasteiger charge is -2.18. The average molecular weight is 696 g/mol. The molecule has 13 heteroatoms. The Labute approximate surface area is 249 Å². The molecule has 0 spiro atoms. The highest BCUT2D eigenvalue weighted by Gasteiger charge is 2.26. The molecule has 0 saturated heterocycles. The van der Waals surface area contributed by atoms with E-state index in [1.165, 1.54) is 23.0 Å². The summed E-state index contributed by atoms with van der Waals surface area (Å²) in [5.41, 5.74) is 1.43. The number of hydrogen-bond donors (Lipinski definition) is 3. The fourth-order valence-electron chi connectivity index (χ4n) is 3.81. The number of pyridine rings is 1. The second-order valence-electron chi connectivity index (χ2n) is 8.37. The van der Waals surface area contributed by atoms with Crippen LogP contribution in [0.3, 0.4) is 0 Å². The molecule has 0 saturated carbocycles. The van der Waals surface area contributed by atoms with E-state index < -0.39 is 23.8 Å². The lowest BCUT2D eigenvalue weighted by molar-refractivity contribution is -0.139. The molecule has 0 fully saturated rings. The molecule has 2 heterocycles. The van der Waals surface area contributed by atoms with Crippen LogP contribution in [0, 0.1) is 6.92 Å². The Balaban J connectivity index is 1.65. The second-order valence-corrected chi connectivity index (χ2v) is 10.9. The topological polar surface area (TPSA) is 126 Å². The number of aliphatic carboxylic acids is 1. The van der Waals surface area contributed by atoms with Crippen molar-refractivity contribution >= 4 is 78.5 Å². The van der Waals surface area contributed by atoms with E-state index in [2.05, 4.69) is 52.6 Å². The number of nitrogens with zero attached hydrogens (tertiary/aromatic N) is 3. The quantitative estimate of drug-likeness (QED) is 0.205. The van der Waals surface area contributed by atoms with Crippen LogP contribution in [0.25, 0.3) is 5.82 Å². The first-order valence-electron chi connectivity index (χ1n) is 11.3. The Morgan fingerprint density at radius 1 is 1.05 bits per heavy atom. The molecule has 2 aromatic heterocycles. The molecule has 0 radical (unpaired) electrons. The molecule has 4 aromatic rings. The summed E-state index contributed by atoms with van der Waals surface area (Å²) in [6.07, 6.45) is 1.55. The maximum absolute atomic E-state index is 13.4. The summed E-state index contributed by atoms with van der Waals surface area (Å²) in [6, 6.07) is 13.6. The van der Waals surface area contributed by atoms with Crippen LogP contribution in [-0.2, 0) is 11.2 Å². The van der Waals surface area contributed by atoms with Gasteiger partial charge in [-0.3, -0.25) is 9.59 Å². The number of aromatic nitrogens is 3. The van der Waals surface area contributed by atoms with E-state index in [0.717, 1.165) is 4.47 Å². The van der Waals surface area contributed by atoms with Gasteiger partial charge in [-0.2, -0.15) is 5.10 Å². The minimum absolute atomic E-state index is 0.00478. The molecule has 0 aliphatic heterocycles. The highest BCUT2D eigenvalue weighted by Crippen LogP contribution is 2.28. The highest BCUT2D eigenvalue weighted by atomic mass is 79.9. The van der Waals surface area contributed by atoms with Gasteiger partial charge in [-0.1, -0.05) is 51.3 Å². The molecule has 0 aliphatic carbocycles.